The van der Waals surface area contributed by atoms with Crippen LogP contribution in [0.5, 0.6) is 0 Å². The van der Waals surface area contributed by atoms with Gasteiger partial charge in [0.05, 0.1) is 10.7 Å². The quantitative estimate of drug-likeness (QED) is 0.587. The highest BCUT2D eigenvalue weighted by atomic mass is 35.5. The zero-order valence-corrected chi connectivity index (χ0v) is 12.1. The third-order valence-electron chi connectivity index (χ3n) is 2.83. The van der Waals surface area contributed by atoms with Gasteiger partial charge in [0.1, 0.15) is 11.3 Å². The molecule has 0 N–H and O–H groups in total. The van der Waals surface area contributed by atoms with Crippen LogP contribution in [0.15, 0.2) is 52.8 Å². The topological polar surface area (TPSA) is 42.0 Å². The lowest BCUT2D eigenvalue weighted by atomic mass is 10.3. The number of pyridine rings is 1. The minimum Gasteiger partial charge on any atom is -0.283 e. The van der Waals surface area contributed by atoms with Gasteiger partial charge in [-0.3, -0.25) is 4.40 Å². The molecule has 0 unspecified atom stereocenters. The molecular formula is C14H10Cl2N4. The Morgan fingerprint density at radius 1 is 1.10 bits per heavy atom. The molecule has 0 saturated heterocycles. The lowest BCUT2D eigenvalue weighted by Gasteiger charge is -1.98. The van der Waals surface area contributed by atoms with E-state index in [4.69, 9.17) is 23.2 Å². The number of hydrogen-bond donors (Lipinski definition) is 0. The van der Waals surface area contributed by atoms with Crippen LogP contribution in [-0.4, -0.2) is 9.38 Å². The van der Waals surface area contributed by atoms with Crippen LogP contribution in [-0.2, 0) is 0 Å². The second-order valence-electron chi connectivity index (χ2n) is 4.25. The van der Waals surface area contributed by atoms with E-state index in [1.165, 1.54) is 0 Å². The van der Waals surface area contributed by atoms with Crippen molar-refractivity contribution in [1.29, 1.82) is 0 Å². The minimum absolute atomic E-state index is 0.504. The summed E-state index contributed by atoms with van der Waals surface area (Å²) in [6.45, 7) is 1.89. The Morgan fingerprint density at radius 2 is 1.95 bits per heavy atom. The fourth-order valence-corrected chi connectivity index (χ4v) is 2.21. The van der Waals surface area contributed by atoms with E-state index in [0.29, 0.717) is 21.6 Å². The van der Waals surface area contributed by atoms with Gasteiger partial charge in [0, 0.05) is 11.2 Å². The molecule has 2 heterocycles. The van der Waals surface area contributed by atoms with Gasteiger partial charge < -0.3 is 0 Å². The molecule has 0 radical (unpaired) electrons. The largest absolute Gasteiger partial charge is 0.283 e. The first kappa shape index (κ1) is 13.1. The van der Waals surface area contributed by atoms with Crippen molar-refractivity contribution in [2.45, 2.75) is 6.92 Å². The average Bonchev–Trinajstić information content (AvgIpc) is 2.75. The molecule has 3 aromatic rings. The van der Waals surface area contributed by atoms with E-state index < -0.39 is 0 Å². The molecule has 6 heteroatoms. The first-order valence-corrected chi connectivity index (χ1v) is 6.71. The van der Waals surface area contributed by atoms with Gasteiger partial charge >= 0.3 is 0 Å². The second-order valence-corrected chi connectivity index (χ2v) is 5.09. The Hall–Kier alpha value is -1.91. The number of halogens is 2. The zero-order valence-electron chi connectivity index (χ0n) is 10.6. The summed E-state index contributed by atoms with van der Waals surface area (Å²) in [7, 11) is 0. The molecule has 0 fully saturated rings. The van der Waals surface area contributed by atoms with Crippen molar-refractivity contribution in [3.63, 3.8) is 0 Å². The SMILES string of the molecule is Cc1nc2ccccn2c1N=Nc1cc(Cl)ccc1Cl. The molecule has 0 saturated carbocycles. The van der Waals surface area contributed by atoms with Crippen molar-refractivity contribution in [3.8, 4) is 0 Å². The molecule has 1 aromatic carbocycles. The highest BCUT2D eigenvalue weighted by Gasteiger charge is 2.07. The number of benzene rings is 1. The molecule has 0 spiro atoms. The first-order valence-electron chi connectivity index (χ1n) is 5.95. The van der Waals surface area contributed by atoms with E-state index in [9.17, 15) is 0 Å². The summed E-state index contributed by atoms with van der Waals surface area (Å²) in [5, 5.41) is 9.49. The smallest absolute Gasteiger partial charge is 0.182 e. The van der Waals surface area contributed by atoms with E-state index in [2.05, 4.69) is 15.2 Å². The van der Waals surface area contributed by atoms with Gasteiger partial charge in [0.15, 0.2) is 5.82 Å². The van der Waals surface area contributed by atoms with Crippen LogP contribution < -0.4 is 0 Å². The third kappa shape index (κ3) is 2.40. The molecule has 0 aliphatic carbocycles. The van der Waals surface area contributed by atoms with Crippen LogP contribution in [0.1, 0.15) is 5.69 Å². The van der Waals surface area contributed by atoms with Gasteiger partial charge in [-0.25, -0.2) is 4.98 Å². The van der Waals surface area contributed by atoms with E-state index in [1.54, 1.807) is 18.2 Å². The lowest BCUT2D eigenvalue weighted by molar-refractivity contribution is 1.09. The highest BCUT2D eigenvalue weighted by molar-refractivity contribution is 6.35. The molecule has 20 heavy (non-hydrogen) atoms. The normalized spacial score (nSPS) is 11.6. The van der Waals surface area contributed by atoms with Gasteiger partial charge in [-0.2, -0.15) is 0 Å². The predicted octanol–water partition coefficient (Wildman–Crippen LogP) is 5.36. The summed E-state index contributed by atoms with van der Waals surface area (Å²) in [5.41, 5.74) is 2.17. The van der Waals surface area contributed by atoms with Crippen LogP contribution in [0.2, 0.25) is 10.0 Å². The number of nitrogens with zero attached hydrogens (tertiary/aromatic N) is 4. The fraction of sp³-hybridized carbons (Fsp3) is 0.0714. The van der Waals surface area contributed by atoms with E-state index >= 15 is 0 Å². The Labute approximate surface area is 125 Å². The minimum atomic E-state index is 0.504. The van der Waals surface area contributed by atoms with Crippen LogP contribution in [0.4, 0.5) is 11.5 Å². The summed E-state index contributed by atoms with van der Waals surface area (Å²) >= 11 is 12.0. The summed E-state index contributed by atoms with van der Waals surface area (Å²) in [4.78, 5) is 4.42. The summed E-state index contributed by atoms with van der Waals surface area (Å²) in [6, 6.07) is 10.8. The fourth-order valence-electron chi connectivity index (χ4n) is 1.88. The number of fused-ring (bicyclic) bond motifs is 1. The number of rotatable bonds is 2. The standard InChI is InChI=1S/C14H10Cl2N4/c1-9-14(20-7-3-2-4-13(20)17-9)19-18-12-8-10(15)5-6-11(12)16/h2-8H,1H3. The monoisotopic (exact) mass is 304 g/mol. The number of imidazole rings is 1. The molecule has 3 rings (SSSR count). The molecule has 0 aliphatic heterocycles. The molecule has 0 aliphatic rings. The van der Waals surface area contributed by atoms with Crippen LogP contribution >= 0.6 is 23.2 Å². The first-order chi connectivity index (χ1) is 9.65. The second kappa shape index (κ2) is 5.23. The molecule has 0 amide bonds. The zero-order chi connectivity index (χ0) is 14.1. The van der Waals surface area contributed by atoms with Crippen molar-refractivity contribution in [2.24, 2.45) is 10.2 Å². The lowest BCUT2D eigenvalue weighted by Crippen LogP contribution is -1.80. The van der Waals surface area contributed by atoms with Crippen molar-refractivity contribution in [2.75, 3.05) is 0 Å². The highest BCUT2D eigenvalue weighted by Crippen LogP contribution is 2.30. The van der Waals surface area contributed by atoms with E-state index in [0.717, 1.165) is 11.3 Å². The number of aromatic nitrogens is 2. The average molecular weight is 305 g/mol. The van der Waals surface area contributed by atoms with Gasteiger partial charge in [-0.15, -0.1) is 10.2 Å². The van der Waals surface area contributed by atoms with Crippen molar-refractivity contribution >= 4 is 40.4 Å². The maximum Gasteiger partial charge on any atom is 0.182 e. The van der Waals surface area contributed by atoms with Gasteiger partial charge in [0.25, 0.3) is 0 Å². The Morgan fingerprint density at radius 3 is 2.80 bits per heavy atom. The summed E-state index contributed by atoms with van der Waals surface area (Å²) in [5.74, 6) is 0.677. The van der Waals surface area contributed by atoms with Gasteiger partial charge in [-0.05, 0) is 37.3 Å². The molecule has 4 nitrogen and oxygen atoms in total. The van der Waals surface area contributed by atoms with Gasteiger partial charge in [0.2, 0.25) is 0 Å². The molecular weight excluding hydrogens is 295 g/mol. The third-order valence-corrected chi connectivity index (χ3v) is 3.39. The predicted molar refractivity (Wildman–Crippen MR) is 80.6 cm³/mol. The maximum absolute atomic E-state index is 6.06. The van der Waals surface area contributed by atoms with Gasteiger partial charge in [-0.1, -0.05) is 29.3 Å². The Balaban J connectivity index is 2.06. The van der Waals surface area contributed by atoms with E-state index in [-0.39, 0.29) is 0 Å². The Bertz CT molecular complexity index is 808. The van der Waals surface area contributed by atoms with E-state index in [1.807, 2.05) is 35.7 Å². The number of azo groups is 1. The summed E-state index contributed by atoms with van der Waals surface area (Å²) in [6.07, 6.45) is 1.89. The number of aryl methyl sites for hydroxylation is 1. The summed E-state index contributed by atoms with van der Waals surface area (Å²) < 4.78 is 1.87. The molecule has 100 valence electrons. The molecule has 2 aromatic heterocycles. The maximum atomic E-state index is 6.06. The van der Waals surface area contributed by atoms with Crippen molar-refractivity contribution in [3.05, 3.63) is 58.3 Å². The molecule has 0 atom stereocenters. The number of hydrogen-bond acceptors (Lipinski definition) is 3. The molecule has 0 bridgehead atoms. The van der Waals surface area contributed by atoms with Crippen LogP contribution in [0.25, 0.3) is 5.65 Å². The van der Waals surface area contributed by atoms with Crippen LogP contribution in [0, 0.1) is 6.92 Å². The van der Waals surface area contributed by atoms with Crippen LogP contribution in [0.3, 0.4) is 0 Å². The van der Waals surface area contributed by atoms with Crippen molar-refractivity contribution < 1.29 is 0 Å². The Kier molecular flexibility index (Phi) is 3.42. The van der Waals surface area contributed by atoms with Crippen molar-refractivity contribution in [1.82, 2.24) is 9.38 Å².